The number of fused-ring (bicyclic) bond motifs is 2. The van der Waals surface area contributed by atoms with Crippen LogP contribution in [-0.2, 0) is 9.59 Å². The van der Waals surface area contributed by atoms with Crippen molar-refractivity contribution in [1.82, 2.24) is 19.6 Å². The van der Waals surface area contributed by atoms with E-state index in [1.165, 1.54) is 4.90 Å². The highest BCUT2D eigenvalue weighted by molar-refractivity contribution is 6.06. The second-order valence-corrected chi connectivity index (χ2v) is 8.68. The molecule has 4 saturated heterocycles. The van der Waals surface area contributed by atoms with E-state index < -0.39 is 11.6 Å². The van der Waals surface area contributed by atoms with E-state index in [0.29, 0.717) is 38.6 Å². The molecule has 146 valence electrons. The first kappa shape index (κ1) is 18.3. The number of piperazine rings is 1. The predicted molar refractivity (Wildman–Crippen MR) is 97.6 cm³/mol. The van der Waals surface area contributed by atoms with Gasteiger partial charge in [0.25, 0.3) is 5.91 Å². The molecule has 7 heteroatoms. The lowest BCUT2D eigenvalue weighted by molar-refractivity contribution is -0.183. The number of β-amino-alcohol motifs (C(OH)–C–C–N with tert-alkyl or cyclic N) is 1. The summed E-state index contributed by atoms with van der Waals surface area (Å²) in [5.41, 5.74) is -0.590. The van der Waals surface area contributed by atoms with Crippen LogP contribution in [0, 0.1) is 0 Å². The summed E-state index contributed by atoms with van der Waals surface area (Å²) < 4.78 is 0. The fourth-order valence-electron chi connectivity index (χ4n) is 5.26. The lowest BCUT2D eigenvalue weighted by Gasteiger charge is -2.60. The van der Waals surface area contributed by atoms with Crippen LogP contribution in [0.2, 0.25) is 0 Å². The number of piperidine rings is 1. The van der Waals surface area contributed by atoms with E-state index in [1.807, 2.05) is 4.90 Å². The number of rotatable bonds is 4. The SMILES string of the molecule is CCCCN1C(=O)[C@@H]2C[C@@H](O)CN2C2(CN(C3CCN(C)CC3)C2)C1=O. The highest BCUT2D eigenvalue weighted by Crippen LogP contribution is 2.42. The second-order valence-electron chi connectivity index (χ2n) is 8.68. The summed E-state index contributed by atoms with van der Waals surface area (Å²) in [6.45, 7) is 6.67. The van der Waals surface area contributed by atoms with Gasteiger partial charge in [-0.1, -0.05) is 13.3 Å². The number of unbranched alkanes of at least 4 members (excludes halogenated alkanes) is 1. The molecule has 4 heterocycles. The molecule has 2 atom stereocenters. The van der Waals surface area contributed by atoms with Gasteiger partial charge in [-0.05, 0) is 45.8 Å². The smallest absolute Gasteiger partial charge is 0.252 e. The zero-order valence-electron chi connectivity index (χ0n) is 16.1. The average Bonchev–Trinajstić information content (AvgIpc) is 2.97. The molecule has 1 N–H and O–H groups in total. The molecule has 1 spiro atoms. The second kappa shape index (κ2) is 6.86. The largest absolute Gasteiger partial charge is 0.392 e. The van der Waals surface area contributed by atoms with Gasteiger partial charge in [-0.25, -0.2) is 0 Å². The number of hydrogen-bond donors (Lipinski definition) is 1. The maximum atomic E-state index is 13.3. The predicted octanol–water partition coefficient (Wildman–Crippen LogP) is -0.261. The molecule has 0 aromatic carbocycles. The Morgan fingerprint density at radius 2 is 1.88 bits per heavy atom. The summed E-state index contributed by atoms with van der Waals surface area (Å²) in [5, 5.41) is 10.2. The van der Waals surface area contributed by atoms with Crippen molar-refractivity contribution in [3.05, 3.63) is 0 Å². The fourth-order valence-corrected chi connectivity index (χ4v) is 5.26. The molecule has 4 aliphatic heterocycles. The zero-order valence-corrected chi connectivity index (χ0v) is 16.1. The monoisotopic (exact) mass is 364 g/mol. The summed E-state index contributed by atoms with van der Waals surface area (Å²) in [5.74, 6) is -0.117. The van der Waals surface area contributed by atoms with Gasteiger partial charge in [0.05, 0.1) is 12.1 Å². The molecule has 0 unspecified atom stereocenters. The quantitative estimate of drug-likeness (QED) is 0.694. The van der Waals surface area contributed by atoms with Crippen LogP contribution in [0.3, 0.4) is 0 Å². The van der Waals surface area contributed by atoms with Gasteiger partial charge < -0.3 is 10.0 Å². The van der Waals surface area contributed by atoms with Crippen molar-refractivity contribution in [2.45, 2.75) is 62.8 Å². The zero-order chi connectivity index (χ0) is 18.5. The maximum absolute atomic E-state index is 13.3. The summed E-state index contributed by atoms with van der Waals surface area (Å²) >= 11 is 0. The maximum Gasteiger partial charge on any atom is 0.252 e. The summed E-state index contributed by atoms with van der Waals surface area (Å²) in [7, 11) is 2.16. The molecule has 26 heavy (non-hydrogen) atoms. The molecule has 0 bridgehead atoms. The van der Waals surface area contributed by atoms with Crippen LogP contribution in [0.1, 0.15) is 39.0 Å². The Hall–Kier alpha value is -1.02. The number of aliphatic hydroxyl groups excluding tert-OH is 1. The van der Waals surface area contributed by atoms with Gasteiger partial charge in [0.1, 0.15) is 5.54 Å². The minimum absolute atomic E-state index is 0.0227. The summed E-state index contributed by atoms with van der Waals surface area (Å²) in [6, 6.07) is 0.219. The third kappa shape index (κ3) is 2.80. The van der Waals surface area contributed by atoms with Gasteiger partial charge in [0.15, 0.2) is 0 Å². The Balaban J connectivity index is 1.52. The van der Waals surface area contributed by atoms with Crippen molar-refractivity contribution in [2.24, 2.45) is 0 Å². The number of aliphatic hydroxyl groups is 1. The minimum Gasteiger partial charge on any atom is -0.392 e. The number of carbonyl (C=O) groups excluding carboxylic acids is 2. The van der Waals surface area contributed by atoms with Gasteiger partial charge >= 0.3 is 0 Å². The van der Waals surface area contributed by atoms with Crippen LogP contribution in [0.5, 0.6) is 0 Å². The molecule has 0 saturated carbocycles. The van der Waals surface area contributed by atoms with Gasteiger partial charge in [0, 0.05) is 32.2 Å². The highest BCUT2D eigenvalue weighted by Gasteiger charge is 2.64. The molecule has 2 amide bonds. The molecule has 0 aromatic heterocycles. The Morgan fingerprint density at radius 3 is 2.54 bits per heavy atom. The first-order chi connectivity index (χ1) is 12.5. The topological polar surface area (TPSA) is 67.3 Å². The first-order valence-electron chi connectivity index (χ1n) is 10.2. The molecule has 0 radical (unpaired) electrons. The third-order valence-corrected chi connectivity index (χ3v) is 6.89. The van der Waals surface area contributed by atoms with Crippen LogP contribution in [0.4, 0.5) is 0 Å². The molecule has 0 aliphatic carbocycles. The fraction of sp³-hybridized carbons (Fsp3) is 0.895. The molecular formula is C19H32N4O3. The van der Waals surface area contributed by atoms with Gasteiger partial charge in [-0.3, -0.25) is 24.3 Å². The van der Waals surface area contributed by atoms with Crippen LogP contribution in [0.25, 0.3) is 0 Å². The Labute approximate surface area is 155 Å². The van der Waals surface area contributed by atoms with Crippen molar-refractivity contribution in [3.8, 4) is 0 Å². The molecule has 0 aromatic rings. The van der Waals surface area contributed by atoms with E-state index in [0.717, 1.165) is 38.8 Å². The third-order valence-electron chi connectivity index (χ3n) is 6.89. The standard InChI is InChI=1S/C19H32N4O3/c1-3-4-7-22-17(25)16-10-15(24)11-23(16)19(18(22)26)12-21(13-19)14-5-8-20(2)9-6-14/h14-16,24H,3-13H2,1-2H3/t15-,16+/m1/s1. The van der Waals surface area contributed by atoms with Gasteiger partial charge in [-0.15, -0.1) is 0 Å². The average molecular weight is 364 g/mol. The Bertz CT molecular complexity index is 569. The molecule has 4 rings (SSSR count). The number of hydrogen-bond acceptors (Lipinski definition) is 6. The van der Waals surface area contributed by atoms with Crippen LogP contribution in [0.15, 0.2) is 0 Å². The summed E-state index contributed by atoms with van der Waals surface area (Å²) in [4.78, 5) is 34.5. The van der Waals surface area contributed by atoms with Crippen molar-refractivity contribution in [2.75, 3.05) is 46.3 Å². The normalized spacial score (nSPS) is 33.7. The lowest BCUT2D eigenvalue weighted by atomic mass is 9.80. The van der Waals surface area contributed by atoms with E-state index in [1.54, 1.807) is 0 Å². The van der Waals surface area contributed by atoms with Crippen molar-refractivity contribution < 1.29 is 14.7 Å². The van der Waals surface area contributed by atoms with Crippen molar-refractivity contribution >= 4 is 11.8 Å². The molecular weight excluding hydrogens is 332 g/mol. The Morgan fingerprint density at radius 1 is 1.19 bits per heavy atom. The van der Waals surface area contributed by atoms with E-state index >= 15 is 0 Å². The number of likely N-dealkylation sites (tertiary alicyclic amines) is 2. The summed E-state index contributed by atoms with van der Waals surface area (Å²) in [6.07, 6.45) is 4.06. The molecule has 4 fully saturated rings. The first-order valence-corrected chi connectivity index (χ1v) is 10.2. The highest BCUT2D eigenvalue weighted by atomic mass is 16.3. The van der Waals surface area contributed by atoms with Gasteiger partial charge in [0.2, 0.25) is 5.91 Å². The number of carbonyl (C=O) groups is 2. The van der Waals surface area contributed by atoms with E-state index in [4.69, 9.17) is 0 Å². The number of amides is 2. The lowest BCUT2D eigenvalue weighted by Crippen LogP contribution is -2.82. The van der Waals surface area contributed by atoms with E-state index in [9.17, 15) is 14.7 Å². The Kier molecular flexibility index (Phi) is 4.84. The van der Waals surface area contributed by atoms with E-state index in [2.05, 4.69) is 23.8 Å². The van der Waals surface area contributed by atoms with Crippen LogP contribution in [-0.4, -0.2) is 107 Å². The van der Waals surface area contributed by atoms with E-state index in [-0.39, 0.29) is 17.9 Å². The van der Waals surface area contributed by atoms with Crippen molar-refractivity contribution in [3.63, 3.8) is 0 Å². The van der Waals surface area contributed by atoms with Crippen molar-refractivity contribution in [1.29, 1.82) is 0 Å². The number of imide groups is 1. The van der Waals surface area contributed by atoms with Gasteiger partial charge in [-0.2, -0.15) is 0 Å². The molecule has 7 nitrogen and oxygen atoms in total. The van der Waals surface area contributed by atoms with Crippen LogP contribution < -0.4 is 0 Å². The minimum atomic E-state index is -0.590. The molecule has 4 aliphatic rings. The van der Waals surface area contributed by atoms with Crippen LogP contribution >= 0.6 is 0 Å². The number of nitrogens with zero attached hydrogens (tertiary/aromatic N) is 4.